The van der Waals surface area contributed by atoms with E-state index in [4.69, 9.17) is 0 Å². The lowest BCUT2D eigenvalue weighted by molar-refractivity contribution is -0.141. The first-order valence-corrected chi connectivity index (χ1v) is 6.33. The molecule has 1 saturated heterocycles. The highest BCUT2D eigenvalue weighted by atomic mass is 16.3. The van der Waals surface area contributed by atoms with Crippen molar-refractivity contribution in [1.29, 1.82) is 0 Å². The van der Waals surface area contributed by atoms with Gasteiger partial charge >= 0.3 is 0 Å². The molecule has 1 aromatic rings. The quantitative estimate of drug-likeness (QED) is 0.778. The Balaban J connectivity index is 1.72. The third-order valence-corrected chi connectivity index (χ3v) is 3.25. The van der Waals surface area contributed by atoms with Crippen molar-refractivity contribution in [3.63, 3.8) is 0 Å². The van der Waals surface area contributed by atoms with Gasteiger partial charge in [-0.05, 0) is 13.0 Å². The van der Waals surface area contributed by atoms with Crippen LogP contribution in [0, 0.1) is 0 Å². The minimum Gasteiger partial charge on any atom is -0.384 e. The molecule has 1 aromatic heterocycles. The highest BCUT2D eigenvalue weighted by Crippen LogP contribution is 2.04. The number of carbonyl (C=O) groups excluding carboxylic acids is 1. The first-order valence-electron chi connectivity index (χ1n) is 6.33. The molecule has 1 unspecified atom stereocenters. The van der Waals surface area contributed by atoms with E-state index in [1.165, 1.54) is 6.92 Å². The molecule has 6 heteroatoms. The monoisotopic (exact) mass is 252 g/mol. The van der Waals surface area contributed by atoms with Gasteiger partial charge in [-0.1, -0.05) is 0 Å². The van der Waals surface area contributed by atoms with Gasteiger partial charge in [-0.2, -0.15) is 5.10 Å². The minimum atomic E-state index is -0.888. The molecular weight excluding hydrogens is 232 g/mol. The van der Waals surface area contributed by atoms with Gasteiger partial charge in [0.1, 0.15) is 6.10 Å². The number of hydrogen-bond acceptors (Lipinski definition) is 4. The molecule has 1 amide bonds. The fourth-order valence-corrected chi connectivity index (χ4v) is 2.13. The molecule has 1 atom stereocenters. The highest BCUT2D eigenvalue weighted by Gasteiger charge is 2.23. The van der Waals surface area contributed by atoms with Crippen molar-refractivity contribution >= 4 is 5.91 Å². The van der Waals surface area contributed by atoms with Crippen LogP contribution in [0.3, 0.4) is 0 Å². The molecule has 1 N–H and O–H groups in total. The molecule has 1 aliphatic rings. The summed E-state index contributed by atoms with van der Waals surface area (Å²) in [5.74, 6) is -0.165. The molecule has 2 rings (SSSR count). The van der Waals surface area contributed by atoms with Gasteiger partial charge in [-0.3, -0.25) is 14.4 Å². The lowest BCUT2D eigenvalue weighted by Gasteiger charge is -2.35. The first-order chi connectivity index (χ1) is 8.66. The average molecular weight is 252 g/mol. The van der Waals surface area contributed by atoms with Gasteiger partial charge in [0, 0.05) is 45.1 Å². The maximum Gasteiger partial charge on any atom is 0.251 e. The summed E-state index contributed by atoms with van der Waals surface area (Å²) in [6.45, 7) is 6.45. The summed E-state index contributed by atoms with van der Waals surface area (Å²) in [6, 6.07) is 1.92. The topological polar surface area (TPSA) is 61.6 Å². The summed E-state index contributed by atoms with van der Waals surface area (Å²) in [5.41, 5.74) is 0. The molecule has 18 heavy (non-hydrogen) atoms. The van der Waals surface area contributed by atoms with Crippen molar-refractivity contribution in [3.05, 3.63) is 18.5 Å². The second kappa shape index (κ2) is 5.97. The molecule has 6 nitrogen and oxygen atoms in total. The van der Waals surface area contributed by atoms with Crippen LogP contribution in [-0.2, 0) is 11.3 Å². The number of piperazine rings is 1. The maximum absolute atomic E-state index is 11.6. The zero-order chi connectivity index (χ0) is 13.0. The van der Waals surface area contributed by atoms with Crippen LogP contribution in [0.5, 0.6) is 0 Å². The number of rotatable bonds is 4. The van der Waals surface area contributed by atoms with Crippen molar-refractivity contribution in [3.8, 4) is 0 Å². The summed E-state index contributed by atoms with van der Waals surface area (Å²) >= 11 is 0. The fraction of sp³-hybridized carbons (Fsp3) is 0.667. The Bertz CT molecular complexity index is 369. The zero-order valence-electron chi connectivity index (χ0n) is 10.7. The number of aromatic nitrogens is 2. The Morgan fingerprint density at radius 2 is 2.06 bits per heavy atom. The second-order valence-electron chi connectivity index (χ2n) is 4.61. The average Bonchev–Trinajstić information content (AvgIpc) is 2.89. The van der Waals surface area contributed by atoms with Crippen LogP contribution in [0.2, 0.25) is 0 Å². The van der Waals surface area contributed by atoms with Crippen LogP contribution in [0.1, 0.15) is 6.92 Å². The molecular formula is C12H20N4O2. The van der Waals surface area contributed by atoms with Crippen LogP contribution in [0.15, 0.2) is 18.5 Å². The van der Waals surface area contributed by atoms with E-state index >= 15 is 0 Å². The van der Waals surface area contributed by atoms with Crippen LogP contribution in [0.4, 0.5) is 0 Å². The van der Waals surface area contributed by atoms with Gasteiger partial charge in [-0.15, -0.1) is 0 Å². The summed E-state index contributed by atoms with van der Waals surface area (Å²) in [5, 5.41) is 13.4. The van der Waals surface area contributed by atoms with Crippen molar-refractivity contribution in [2.24, 2.45) is 0 Å². The van der Waals surface area contributed by atoms with E-state index in [1.54, 1.807) is 11.1 Å². The molecule has 1 aliphatic heterocycles. The van der Waals surface area contributed by atoms with Crippen molar-refractivity contribution in [1.82, 2.24) is 19.6 Å². The molecule has 0 aliphatic carbocycles. The number of nitrogens with zero attached hydrogens (tertiary/aromatic N) is 4. The summed E-state index contributed by atoms with van der Waals surface area (Å²) < 4.78 is 1.91. The minimum absolute atomic E-state index is 0.165. The van der Waals surface area contributed by atoms with E-state index < -0.39 is 6.10 Å². The zero-order valence-corrected chi connectivity index (χ0v) is 10.7. The second-order valence-corrected chi connectivity index (χ2v) is 4.61. The summed E-state index contributed by atoms with van der Waals surface area (Å²) in [6.07, 6.45) is 2.84. The van der Waals surface area contributed by atoms with Gasteiger partial charge in [0.25, 0.3) is 5.91 Å². The van der Waals surface area contributed by atoms with Gasteiger partial charge in [0.15, 0.2) is 0 Å². The lowest BCUT2D eigenvalue weighted by Crippen LogP contribution is -2.51. The Labute approximate surface area is 107 Å². The third kappa shape index (κ3) is 3.30. The molecule has 2 heterocycles. The molecule has 0 saturated carbocycles. The first kappa shape index (κ1) is 13.0. The maximum atomic E-state index is 11.6. The van der Waals surface area contributed by atoms with Gasteiger partial charge < -0.3 is 10.0 Å². The number of aliphatic hydroxyl groups excluding tert-OH is 1. The number of amides is 1. The molecule has 100 valence electrons. The van der Waals surface area contributed by atoms with E-state index in [9.17, 15) is 9.90 Å². The van der Waals surface area contributed by atoms with Crippen LogP contribution in [-0.4, -0.2) is 69.4 Å². The van der Waals surface area contributed by atoms with Crippen molar-refractivity contribution in [2.75, 3.05) is 32.7 Å². The third-order valence-electron chi connectivity index (χ3n) is 3.25. The number of aliphatic hydroxyl groups is 1. The van der Waals surface area contributed by atoms with Crippen LogP contribution < -0.4 is 0 Å². The molecule has 0 bridgehead atoms. The predicted molar refractivity (Wildman–Crippen MR) is 66.9 cm³/mol. The van der Waals surface area contributed by atoms with E-state index in [0.29, 0.717) is 13.1 Å². The van der Waals surface area contributed by atoms with E-state index in [0.717, 1.165) is 26.2 Å². The normalized spacial score (nSPS) is 18.9. The van der Waals surface area contributed by atoms with Crippen LogP contribution in [0.25, 0.3) is 0 Å². The fourth-order valence-electron chi connectivity index (χ4n) is 2.13. The van der Waals surface area contributed by atoms with E-state index in [-0.39, 0.29) is 5.91 Å². The Morgan fingerprint density at radius 1 is 1.33 bits per heavy atom. The molecule has 1 fully saturated rings. The smallest absolute Gasteiger partial charge is 0.251 e. The number of hydrogen-bond donors (Lipinski definition) is 1. The molecule has 0 spiro atoms. The summed E-state index contributed by atoms with van der Waals surface area (Å²) in [4.78, 5) is 15.6. The SMILES string of the molecule is CC(O)C(=O)N1CCN(CCn2cccn2)CC1. The van der Waals surface area contributed by atoms with Crippen molar-refractivity contribution in [2.45, 2.75) is 19.6 Å². The van der Waals surface area contributed by atoms with E-state index in [1.807, 2.05) is 16.9 Å². The Hall–Kier alpha value is -1.40. The number of carbonyl (C=O) groups is 1. The van der Waals surface area contributed by atoms with Gasteiger partial charge in [0.2, 0.25) is 0 Å². The molecule has 0 aromatic carbocycles. The summed E-state index contributed by atoms with van der Waals surface area (Å²) in [7, 11) is 0. The van der Waals surface area contributed by atoms with E-state index in [2.05, 4.69) is 10.00 Å². The van der Waals surface area contributed by atoms with Crippen LogP contribution >= 0.6 is 0 Å². The van der Waals surface area contributed by atoms with Gasteiger partial charge in [-0.25, -0.2) is 0 Å². The lowest BCUT2D eigenvalue weighted by atomic mass is 10.2. The predicted octanol–water partition coefficient (Wildman–Crippen LogP) is -0.592. The molecule has 0 radical (unpaired) electrons. The standard InChI is InChI=1S/C12H20N4O2/c1-11(17)12(18)15-8-5-14(6-9-15)7-10-16-4-2-3-13-16/h2-4,11,17H,5-10H2,1H3. The highest BCUT2D eigenvalue weighted by molar-refractivity contribution is 5.80. The largest absolute Gasteiger partial charge is 0.384 e. The van der Waals surface area contributed by atoms with Crippen molar-refractivity contribution < 1.29 is 9.90 Å². The Morgan fingerprint density at radius 3 is 2.61 bits per heavy atom. The van der Waals surface area contributed by atoms with Gasteiger partial charge in [0.05, 0.1) is 6.54 Å². The Kier molecular flexibility index (Phi) is 4.33.